The number of aromatic nitrogens is 2. The van der Waals surface area contributed by atoms with Crippen LogP contribution < -0.4 is 10.2 Å². The summed E-state index contributed by atoms with van der Waals surface area (Å²) < 4.78 is 0. The summed E-state index contributed by atoms with van der Waals surface area (Å²) >= 11 is 0. The van der Waals surface area contributed by atoms with Crippen LogP contribution in [0.3, 0.4) is 0 Å². The van der Waals surface area contributed by atoms with Crippen molar-refractivity contribution < 1.29 is 0 Å². The van der Waals surface area contributed by atoms with Crippen LogP contribution in [0.25, 0.3) is 0 Å². The summed E-state index contributed by atoms with van der Waals surface area (Å²) in [7, 11) is 2.08. The zero-order chi connectivity index (χ0) is 13.5. The molecular weight excluding hydrogens is 224 g/mol. The van der Waals surface area contributed by atoms with Crippen molar-refractivity contribution in [3.63, 3.8) is 0 Å². The standard InChI is InChI=1S/C14H26N4/c1-6-7-12(4)18(5)14-10-16-13(9-17-14)8-15-11(2)3/h9-12,15H,6-8H2,1-5H3. The molecule has 0 radical (unpaired) electrons. The zero-order valence-electron chi connectivity index (χ0n) is 12.3. The maximum Gasteiger partial charge on any atom is 0.147 e. The second-order valence-electron chi connectivity index (χ2n) is 5.15. The number of hydrogen-bond acceptors (Lipinski definition) is 4. The van der Waals surface area contributed by atoms with E-state index in [1.165, 1.54) is 12.8 Å². The highest BCUT2D eigenvalue weighted by molar-refractivity contribution is 5.35. The van der Waals surface area contributed by atoms with E-state index >= 15 is 0 Å². The Morgan fingerprint density at radius 1 is 1.22 bits per heavy atom. The van der Waals surface area contributed by atoms with Crippen molar-refractivity contribution in [3.8, 4) is 0 Å². The van der Waals surface area contributed by atoms with Gasteiger partial charge in [0.1, 0.15) is 5.82 Å². The second kappa shape index (κ2) is 7.31. The Morgan fingerprint density at radius 3 is 2.44 bits per heavy atom. The molecule has 0 spiro atoms. The lowest BCUT2D eigenvalue weighted by Crippen LogP contribution is -2.29. The lowest BCUT2D eigenvalue weighted by molar-refractivity contribution is 0.578. The Bertz CT molecular complexity index is 334. The third kappa shape index (κ3) is 4.61. The van der Waals surface area contributed by atoms with Gasteiger partial charge < -0.3 is 10.2 Å². The molecule has 0 aliphatic carbocycles. The van der Waals surface area contributed by atoms with Crippen LogP contribution in [0, 0.1) is 0 Å². The Labute approximate surface area is 111 Å². The first-order valence-electron chi connectivity index (χ1n) is 6.81. The first kappa shape index (κ1) is 14.9. The van der Waals surface area contributed by atoms with Gasteiger partial charge in [-0.1, -0.05) is 27.2 Å². The van der Waals surface area contributed by atoms with Crippen LogP contribution >= 0.6 is 0 Å². The van der Waals surface area contributed by atoms with Crippen molar-refractivity contribution in [3.05, 3.63) is 18.1 Å². The van der Waals surface area contributed by atoms with Gasteiger partial charge in [0.05, 0.1) is 18.1 Å². The average Bonchev–Trinajstić information content (AvgIpc) is 2.36. The molecule has 0 fully saturated rings. The van der Waals surface area contributed by atoms with E-state index in [0.29, 0.717) is 12.1 Å². The third-order valence-corrected chi connectivity index (χ3v) is 3.11. The number of nitrogens with one attached hydrogen (secondary N) is 1. The molecule has 1 rings (SSSR count). The molecule has 0 aliphatic rings. The molecular formula is C14H26N4. The van der Waals surface area contributed by atoms with Crippen LogP contribution in [0.5, 0.6) is 0 Å². The zero-order valence-corrected chi connectivity index (χ0v) is 12.3. The quantitative estimate of drug-likeness (QED) is 0.807. The molecule has 0 aliphatic heterocycles. The van der Waals surface area contributed by atoms with E-state index in [1.54, 1.807) is 0 Å². The predicted octanol–water partition coefficient (Wildman–Crippen LogP) is 2.60. The van der Waals surface area contributed by atoms with E-state index in [4.69, 9.17) is 0 Å². The van der Waals surface area contributed by atoms with Gasteiger partial charge in [0, 0.05) is 25.7 Å². The Hall–Kier alpha value is -1.16. The highest BCUT2D eigenvalue weighted by atomic mass is 15.2. The summed E-state index contributed by atoms with van der Waals surface area (Å²) in [5.74, 6) is 0.948. The van der Waals surface area contributed by atoms with Gasteiger partial charge in [-0.2, -0.15) is 0 Å². The van der Waals surface area contributed by atoms with E-state index < -0.39 is 0 Å². The summed E-state index contributed by atoms with van der Waals surface area (Å²) in [4.78, 5) is 11.1. The van der Waals surface area contributed by atoms with Gasteiger partial charge in [-0.3, -0.25) is 4.98 Å². The van der Waals surface area contributed by atoms with E-state index in [9.17, 15) is 0 Å². The number of hydrogen-bond donors (Lipinski definition) is 1. The highest BCUT2D eigenvalue weighted by Crippen LogP contribution is 2.13. The minimum absolute atomic E-state index is 0.471. The van der Waals surface area contributed by atoms with Gasteiger partial charge in [0.2, 0.25) is 0 Å². The molecule has 4 heteroatoms. The first-order chi connectivity index (χ1) is 8.54. The topological polar surface area (TPSA) is 41.1 Å². The molecule has 102 valence electrons. The summed E-state index contributed by atoms with van der Waals surface area (Å²) in [6, 6.07) is 0.975. The minimum atomic E-state index is 0.471. The van der Waals surface area contributed by atoms with E-state index in [1.807, 2.05) is 12.4 Å². The van der Waals surface area contributed by atoms with Crippen LogP contribution in [0.1, 0.15) is 46.2 Å². The van der Waals surface area contributed by atoms with E-state index in [2.05, 4.69) is 54.9 Å². The molecule has 0 aromatic carbocycles. The molecule has 18 heavy (non-hydrogen) atoms. The van der Waals surface area contributed by atoms with Crippen molar-refractivity contribution >= 4 is 5.82 Å². The Kier molecular flexibility index (Phi) is 6.05. The lowest BCUT2D eigenvalue weighted by Gasteiger charge is -2.25. The fraction of sp³-hybridized carbons (Fsp3) is 0.714. The summed E-state index contributed by atoms with van der Waals surface area (Å²) in [6.45, 7) is 9.46. The van der Waals surface area contributed by atoms with Gasteiger partial charge >= 0.3 is 0 Å². The minimum Gasteiger partial charge on any atom is -0.356 e. The van der Waals surface area contributed by atoms with Crippen molar-refractivity contribution in [1.29, 1.82) is 0 Å². The summed E-state index contributed by atoms with van der Waals surface area (Å²) in [5.41, 5.74) is 0.990. The summed E-state index contributed by atoms with van der Waals surface area (Å²) in [6.07, 6.45) is 6.09. The van der Waals surface area contributed by atoms with Crippen molar-refractivity contribution in [1.82, 2.24) is 15.3 Å². The monoisotopic (exact) mass is 250 g/mol. The normalized spacial score (nSPS) is 12.8. The molecule has 1 aromatic rings. The molecule has 1 N–H and O–H groups in total. The molecule has 0 saturated carbocycles. The number of rotatable bonds is 7. The van der Waals surface area contributed by atoms with E-state index in [0.717, 1.165) is 18.1 Å². The molecule has 1 heterocycles. The maximum absolute atomic E-state index is 4.48. The number of nitrogens with zero attached hydrogens (tertiary/aromatic N) is 3. The fourth-order valence-corrected chi connectivity index (χ4v) is 1.77. The van der Waals surface area contributed by atoms with Crippen LogP contribution in [0.2, 0.25) is 0 Å². The van der Waals surface area contributed by atoms with Crippen LogP contribution in [-0.2, 0) is 6.54 Å². The van der Waals surface area contributed by atoms with Gasteiger partial charge in [-0.25, -0.2) is 4.98 Å². The largest absolute Gasteiger partial charge is 0.356 e. The predicted molar refractivity (Wildman–Crippen MR) is 76.8 cm³/mol. The molecule has 0 amide bonds. The van der Waals surface area contributed by atoms with Gasteiger partial charge in [-0.05, 0) is 13.3 Å². The lowest BCUT2D eigenvalue weighted by atomic mass is 10.2. The molecule has 1 aromatic heterocycles. The molecule has 4 nitrogen and oxygen atoms in total. The summed E-state index contributed by atoms with van der Waals surface area (Å²) in [5, 5.41) is 3.34. The molecule has 0 bridgehead atoms. The van der Waals surface area contributed by atoms with Gasteiger partial charge in [0.25, 0.3) is 0 Å². The Balaban J connectivity index is 2.58. The Morgan fingerprint density at radius 2 is 1.94 bits per heavy atom. The molecule has 1 unspecified atom stereocenters. The van der Waals surface area contributed by atoms with E-state index in [-0.39, 0.29) is 0 Å². The molecule has 1 atom stereocenters. The highest BCUT2D eigenvalue weighted by Gasteiger charge is 2.10. The second-order valence-corrected chi connectivity index (χ2v) is 5.15. The van der Waals surface area contributed by atoms with Crippen molar-refractivity contribution in [2.45, 2.75) is 59.2 Å². The van der Waals surface area contributed by atoms with Crippen LogP contribution in [0.4, 0.5) is 5.82 Å². The van der Waals surface area contributed by atoms with Gasteiger partial charge in [-0.15, -0.1) is 0 Å². The smallest absolute Gasteiger partial charge is 0.147 e. The number of anilines is 1. The SMILES string of the molecule is CCCC(C)N(C)c1cnc(CNC(C)C)cn1. The molecule has 0 saturated heterocycles. The average molecular weight is 250 g/mol. The van der Waals surface area contributed by atoms with Crippen LogP contribution in [-0.4, -0.2) is 29.1 Å². The van der Waals surface area contributed by atoms with Gasteiger partial charge in [0.15, 0.2) is 0 Å². The van der Waals surface area contributed by atoms with Crippen molar-refractivity contribution in [2.75, 3.05) is 11.9 Å². The maximum atomic E-state index is 4.48. The first-order valence-corrected chi connectivity index (χ1v) is 6.81. The fourth-order valence-electron chi connectivity index (χ4n) is 1.77. The van der Waals surface area contributed by atoms with Crippen molar-refractivity contribution in [2.24, 2.45) is 0 Å². The third-order valence-electron chi connectivity index (χ3n) is 3.11. The van der Waals surface area contributed by atoms with Crippen LogP contribution in [0.15, 0.2) is 12.4 Å².